The molecule has 1 unspecified atom stereocenters. The van der Waals surface area contributed by atoms with Gasteiger partial charge in [0.05, 0.1) is 12.7 Å². The highest BCUT2D eigenvalue weighted by Gasteiger charge is 2.21. The zero-order valence-corrected chi connectivity index (χ0v) is 10.0. The van der Waals surface area contributed by atoms with Gasteiger partial charge in [0.15, 0.2) is 0 Å². The first-order valence-corrected chi connectivity index (χ1v) is 5.49. The molecule has 2 rings (SSSR count). The quantitative estimate of drug-likeness (QED) is 0.926. The average Bonchev–Trinajstić information content (AvgIpc) is 2.37. The van der Waals surface area contributed by atoms with Gasteiger partial charge in [0.2, 0.25) is 0 Å². The maximum absolute atomic E-state index is 13.5. The Kier molecular flexibility index (Phi) is 3.76. The van der Waals surface area contributed by atoms with Gasteiger partial charge in [-0.05, 0) is 17.7 Å². The number of ether oxygens (including phenoxy) is 1. The molecule has 0 radical (unpaired) electrons. The molecule has 0 aromatic heterocycles. The Bertz CT molecular complexity index is 559. The molecule has 0 saturated heterocycles. The third-order valence-electron chi connectivity index (χ3n) is 2.75. The number of rotatable bonds is 3. The Labute approximate surface area is 108 Å². The Balaban J connectivity index is 2.40. The van der Waals surface area contributed by atoms with E-state index < -0.39 is 29.1 Å². The standard InChI is InChI=1S/C14H11F3O2/c1-19-10-4-2-8(3-5-10)14(18)13-11(16)6-9(15)7-12(13)17/h2-7,14,18H,1H3. The van der Waals surface area contributed by atoms with Crippen LogP contribution in [0.1, 0.15) is 17.2 Å². The molecule has 2 nitrogen and oxygen atoms in total. The van der Waals surface area contributed by atoms with E-state index in [2.05, 4.69) is 0 Å². The van der Waals surface area contributed by atoms with Crippen LogP contribution in [0.4, 0.5) is 13.2 Å². The van der Waals surface area contributed by atoms with Crippen LogP contribution in [0, 0.1) is 17.5 Å². The number of halogens is 3. The van der Waals surface area contributed by atoms with E-state index in [9.17, 15) is 18.3 Å². The normalized spacial score (nSPS) is 12.3. The molecule has 0 spiro atoms. The van der Waals surface area contributed by atoms with Crippen LogP contribution in [0.15, 0.2) is 36.4 Å². The van der Waals surface area contributed by atoms with Crippen molar-refractivity contribution in [2.24, 2.45) is 0 Å². The molecule has 1 N–H and O–H groups in total. The van der Waals surface area contributed by atoms with E-state index in [-0.39, 0.29) is 5.56 Å². The lowest BCUT2D eigenvalue weighted by Gasteiger charge is -2.14. The first kappa shape index (κ1) is 13.4. The van der Waals surface area contributed by atoms with Crippen LogP contribution in [-0.4, -0.2) is 12.2 Å². The minimum Gasteiger partial charge on any atom is -0.497 e. The summed E-state index contributed by atoms with van der Waals surface area (Å²) in [6.07, 6.45) is -1.51. The molecule has 0 heterocycles. The molecule has 0 aliphatic carbocycles. The van der Waals surface area contributed by atoms with E-state index in [0.29, 0.717) is 17.9 Å². The molecule has 0 aliphatic rings. The third kappa shape index (κ3) is 2.71. The fraction of sp³-hybridized carbons (Fsp3) is 0.143. The summed E-state index contributed by atoms with van der Waals surface area (Å²) in [5.41, 5.74) is -0.295. The molecule has 0 aliphatic heterocycles. The highest BCUT2D eigenvalue weighted by molar-refractivity contribution is 5.35. The van der Waals surface area contributed by atoms with Crippen LogP contribution in [0.2, 0.25) is 0 Å². The maximum atomic E-state index is 13.5. The predicted octanol–water partition coefficient (Wildman–Crippen LogP) is 3.19. The summed E-state index contributed by atoms with van der Waals surface area (Å²) in [6.45, 7) is 0. The van der Waals surface area contributed by atoms with Crippen molar-refractivity contribution in [3.8, 4) is 5.75 Å². The summed E-state index contributed by atoms with van der Waals surface area (Å²) in [5.74, 6) is -2.72. The monoisotopic (exact) mass is 268 g/mol. The molecule has 0 fully saturated rings. The Morgan fingerprint density at radius 3 is 2.00 bits per heavy atom. The van der Waals surface area contributed by atoms with Gasteiger partial charge < -0.3 is 9.84 Å². The number of aliphatic hydroxyl groups excluding tert-OH is 1. The summed E-state index contributed by atoms with van der Waals surface area (Å²) in [4.78, 5) is 0. The molecule has 2 aromatic carbocycles. The van der Waals surface area contributed by atoms with Gasteiger partial charge in [-0.2, -0.15) is 0 Å². The average molecular weight is 268 g/mol. The van der Waals surface area contributed by atoms with Gasteiger partial charge in [0.1, 0.15) is 29.3 Å². The van der Waals surface area contributed by atoms with Gasteiger partial charge in [0.25, 0.3) is 0 Å². The van der Waals surface area contributed by atoms with Gasteiger partial charge in [-0.25, -0.2) is 13.2 Å². The Hall–Kier alpha value is -2.01. The predicted molar refractivity (Wildman–Crippen MR) is 63.4 cm³/mol. The molecule has 19 heavy (non-hydrogen) atoms. The van der Waals surface area contributed by atoms with Crippen molar-refractivity contribution in [1.29, 1.82) is 0 Å². The zero-order chi connectivity index (χ0) is 14.0. The molecular formula is C14H11F3O2. The lowest BCUT2D eigenvalue weighted by atomic mass is 10.0. The van der Waals surface area contributed by atoms with Gasteiger partial charge in [-0.15, -0.1) is 0 Å². The summed E-state index contributed by atoms with van der Waals surface area (Å²) >= 11 is 0. The van der Waals surface area contributed by atoms with Crippen molar-refractivity contribution in [3.63, 3.8) is 0 Å². The largest absolute Gasteiger partial charge is 0.497 e. The lowest BCUT2D eigenvalue weighted by molar-refractivity contribution is 0.208. The molecule has 0 amide bonds. The molecular weight excluding hydrogens is 257 g/mol. The summed E-state index contributed by atoms with van der Waals surface area (Å²) in [5, 5.41) is 9.96. The maximum Gasteiger partial charge on any atom is 0.135 e. The fourth-order valence-corrected chi connectivity index (χ4v) is 1.77. The summed E-state index contributed by atoms with van der Waals surface area (Å²) in [6, 6.07) is 7.13. The number of methoxy groups -OCH3 is 1. The van der Waals surface area contributed by atoms with Crippen LogP contribution in [0.5, 0.6) is 5.75 Å². The van der Waals surface area contributed by atoms with Crippen LogP contribution < -0.4 is 4.74 Å². The Morgan fingerprint density at radius 1 is 1.00 bits per heavy atom. The lowest BCUT2D eigenvalue weighted by Crippen LogP contribution is -2.06. The number of hydrogen-bond donors (Lipinski definition) is 1. The highest BCUT2D eigenvalue weighted by Crippen LogP contribution is 2.28. The van der Waals surface area contributed by atoms with E-state index in [1.165, 1.54) is 19.2 Å². The molecule has 1 atom stereocenters. The van der Waals surface area contributed by atoms with Crippen molar-refractivity contribution in [2.45, 2.75) is 6.10 Å². The van der Waals surface area contributed by atoms with Gasteiger partial charge in [-0.3, -0.25) is 0 Å². The molecule has 0 bridgehead atoms. The van der Waals surface area contributed by atoms with Crippen LogP contribution >= 0.6 is 0 Å². The molecule has 0 saturated carbocycles. The van der Waals surface area contributed by atoms with E-state index in [1.54, 1.807) is 12.1 Å². The van der Waals surface area contributed by atoms with E-state index in [4.69, 9.17) is 4.74 Å². The number of benzene rings is 2. The number of aliphatic hydroxyl groups is 1. The molecule has 100 valence electrons. The van der Waals surface area contributed by atoms with E-state index >= 15 is 0 Å². The first-order valence-electron chi connectivity index (χ1n) is 5.49. The third-order valence-corrected chi connectivity index (χ3v) is 2.75. The van der Waals surface area contributed by atoms with Crippen molar-refractivity contribution in [2.75, 3.05) is 7.11 Å². The smallest absolute Gasteiger partial charge is 0.135 e. The van der Waals surface area contributed by atoms with Crippen molar-refractivity contribution < 1.29 is 23.0 Å². The molecule has 2 aromatic rings. The fourth-order valence-electron chi connectivity index (χ4n) is 1.77. The SMILES string of the molecule is COc1ccc(C(O)c2c(F)cc(F)cc2F)cc1. The van der Waals surface area contributed by atoms with Gasteiger partial charge in [0, 0.05) is 12.1 Å². The second kappa shape index (κ2) is 5.32. The second-order valence-electron chi connectivity index (χ2n) is 3.96. The van der Waals surface area contributed by atoms with Crippen molar-refractivity contribution >= 4 is 0 Å². The first-order chi connectivity index (χ1) is 9.02. The van der Waals surface area contributed by atoms with E-state index in [1.807, 2.05) is 0 Å². The second-order valence-corrected chi connectivity index (χ2v) is 3.96. The van der Waals surface area contributed by atoms with Crippen LogP contribution in [0.3, 0.4) is 0 Å². The van der Waals surface area contributed by atoms with Crippen molar-refractivity contribution in [1.82, 2.24) is 0 Å². The highest BCUT2D eigenvalue weighted by atomic mass is 19.1. The van der Waals surface area contributed by atoms with E-state index in [0.717, 1.165) is 0 Å². The Morgan fingerprint density at radius 2 is 1.53 bits per heavy atom. The zero-order valence-electron chi connectivity index (χ0n) is 10.0. The number of hydrogen-bond acceptors (Lipinski definition) is 2. The van der Waals surface area contributed by atoms with Crippen LogP contribution in [0.25, 0.3) is 0 Å². The topological polar surface area (TPSA) is 29.5 Å². The minimum atomic E-state index is -1.51. The summed E-state index contributed by atoms with van der Waals surface area (Å²) in [7, 11) is 1.48. The summed E-state index contributed by atoms with van der Waals surface area (Å²) < 4.78 is 44.8. The minimum absolute atomic E-state index is 0.283. The van der Waals surface area contributed by atoms with Gasteiger partial charge >= 0.3 is 0 Å². The van der Waals surface area contributed by atoms with Crippen LogP contribution in [-0.2, 0) is 0 Å². The van der Waals surface area contributed by atoms with Gasteiger partial charge in [-0.1, -0.05) is 12.1 Å². The van der Waals surface area contributed by atoms with Crippen molar-refractivity contribution in [3.05, 3.63) is 65.0 Å². The molecule has 5 heteroatoms.